The van der Waals surface area contributed by atoms with E-state index in [4.69, 9.17) is 4.74 Å². The number of aromatic nitrogens is 2. The minimum absolute atomic E-state index is 0.103. The number of carbonyl (C=O) groups is 2. The number of hydrogen-bond acceptors (Lipinski definition) is 4. The number of anilines is 1. The van der Waals surface area contributed by atoms with E-state index >= 15 is 0 Å². The molecule has 0 aliphatic carbocycles. The van der Waals surface area contributed by atoms with Crippen LogP contribution < -0.4 is 15.4 Å². The number of nitrogens with zero attached hydrogens (tertiary/aromatic N) is 2. The highest BCUT2D eigenvalue weighted by Gasteiger charge is 2.28. The van der Waals surface area contributed by atoms with Gasteiger partial charge in [0, 0.05) is 24.6 Å². The quantitative estimate of drug-likeness (QED) is 0.562. The first-order chi connectivity index (χ1) is 15.8. The Morgan fingerprint density at radius 3 is 2.64 bits per heavy atom. The standard InChI is InChI=1S/C26H30N4O3/c1-26(2,3)12-13-33-21-11-7-8-18(14-21)22-16-23(28-25(32)19-15-24(31)27-17-19)29-30(22)20-9-5-4-6-10-20/h4-11,14,16,19H,12-13,15,17H2,1-3H3,(H,27,31)(H,28,29,32)/t19-/m0/s1. The van der Waals surface area contributed by atoms with Crippen LogP contribution in [0.4, 0.5) is 5.82 Å². The van der Waals surface area contributed by atoms with Crippen molar-refractivity contribution < 1.29 is 14.3 Å². The molecule has 1 saturated heterocycles. The van der Waals surface area contributed by atoms with Gasteiger partial charge in [0.2, 0.25) is 11.8 Å². The van der Waals surface area contributed by atoms with E-state index in [2.05, 4.69) is 36.5 Å². The normalized spacial score (nSPS) is 15.8. The second-order valence-corrected chi connectivity index (χ2v) is 9.54. The van der Waals surface area contributed by atoms with E-state index in [-0.39, 0.29) is 29.6 Å². The van der Waals surface area contributed by atoms with Gasteiger partial charge in [-0.1, -0.05) is 51.1 Å². The van der Waals surface area contributed by atoms with Crippen LogP contribution in [0.5, 0.6) is 5.75 Å². The zero-order chi connectivity index (χ0) is 23.4. The van der Waals surface area contributed by atoms with Gasteiger partial charge >= 0.3 is 0 Å². The molecule has 2 heterocycles. The maximum absolute atomic E-state index is 12.6. The summed E-state index contributed by atoms with van der Waals surface area (Å²) in [5.74, 6) is 0.532. The number of nitrogens with one attached hydrogen (secondary N) is 2. The molecule has 1 aliphatic heterocycles. The molecule has 7 nitrogen and oxygen atoms in total. The molecule has 1 aromatic heterocycles. The molecule has 1 aliphatic rings. The smallest absolute Gasteiger partial charge is 0.230 e. The molecule has 2 aromatic carbocycles. The molecular weight excluding hydrogens is 416 g/mol. The van der Waals surface area contributed by atoms with Crippen molar-refractivity contribution in [3.63, 3.8) is 0 Å². The van der Waals surface area contributed by atoms with Gasteiger partial charge < -0.3 is 15.4 Å². The molecule has 0 unspecified atom stereocenters. The van der Waals surface area contributed by atoms with Crippen molar-refractivity contribution in [2.75, 3.05) is 18.5 Å². The Balaban J connectivity index is 1.61. The van der Waals surface area contributed by atoms with Crippen molar-refractivity contribution in [3.05, 3.63) is 60.7 Å². The summed E-state index contributed by atoms with van der Waals surface area (Å²) >= 11 is 0. The molecule has 1 fully saturated rings. The Bertz CT molecular complexity index is 1130. The summed E-state index contributed by atoms with van der Waals surface area (Å²) < 4.78 is 7.81. The molecule has 4 rings (SSSR count). The molecule has 3 aromatic rings. The largest absolute Gasteiger partial charge is 0.494 e. The van der Waals surface area contributed by atoms with E-state index in [0.29, 0.717) is 19.0 Å². The molecule has 2 amide bonds. The van der Waals surface area contributed by atoms with Gasteiger partial charge in [0.05, 0.1) is 23.9 Å². The average molecular weight is 447 g/mol. The first-order valence-corrected chi connectivity index (χ1v) is 11.2. The van der Waals surface area contributed by atoms with Crippen LogP contribution in [-0.4, -0.2) is 34.7 Å². The van der Waals surface area contributed by atoms with Crippen molar-refractivity contribution >= 4 is 17.6 Å². The van der Waals surface area contributed by atoms with Crippen LogP contribution in [0.15, 0.2) is 60.7 Å². The Morgan fingerprint density at radius 1 is 1.15 bits per heavy atom. The van der Waals surface area contributed by atoms with Gasteiger partial charge in [0.15, 0.2) is 5.82 Å². The molecule has 0 bridgehead atoms. The third-order valence-electron chi connectivity index (χ3n) is 5.56. The first kappa shape index (κ1) is 22.6. The molecular formula is C26H30N4O3. The van der Waals surface area contributed by atoms with E-state index in [9.17, 15) is 9.59 Å². The van der Waals surface area contributed by atoms with Crippen LogP contribution in [0.3, 0.4) is 0 Å². The van der Waals surface area contributed by atoms with Crippen molar-refractivity contribution in [1.82, 2.24) is 15.1 Å². The van der Waals surface area contributed by atoms with Gasteiger partial charge in [-0.05, 0) is 36.1 Å². The fourth-order valence-corrected chi connectivity index (χ4v) is 3.65. The Morgan fingerprint density at radius 2 is 1.94 bits per heavy atom. The van der Waals surface area contributed by atoms with Gasteiger partial charge in [-0.25, -0.2) is 4.68 Å². The summed E-state index contributed by atoms with van der Waals surface area (Å²) in [6, 6.07) is 19.5. The minimum atomic E-state index is -0.387. The van der Waals surface area contributed by atoms with Gasteiger partial charge in [-0.2, -0.15) is 0 Å². The summed E-state index contributed by atoms with van der Waals surface area (Å²) in [5, 5.41) is 10.2. The fourth-order valence-electron chi connectivity index (χ4n) is 3.65. The number of hydrogen-bond donors (Lipinski definition) is 2. The van der Waals surface area contributed by atoms with Crippen LogP contribution in [0.2, 0.25) is 0 Å². The molecule has 0 radical (unpaired) electrons. The second-order valence-electron chi connectivity index (χ2n) is 9.54. The van der Waals surface area contributed by atoms with Crippen LogP contribution in [-0.2, 0) is 9.59 Å². The second kappa shape index (κ2) is 9.48. The number of rotatable bonds is 7. The van der Waals surface area contributed by atoms with Crippen molar-refractivity contribution in [2.24, 2.45) is 11.3 Å². The van der Waals surface area contributed by atoms with Gasteiger partial charge in [-0.3, -0.25) is 9.59 Å². The van der Waals surface area contributed by atoms with Crippen LogP contribution in [0, 0.1) is 11.3 Å². The maximum Gasteiger partial charge on any atom is 0.230 e. The molecule has 7 heteroatoms. The lowest BCUT2D eigenvalue weighted by atomic mass is 9.93. The topological polar surface area (TPSA) is 85.2 Å². The van der Waals surface area contributed by atoms with E-state index in [1.165, 1.54) is 0 Å². The number of ether oxygens (including phenoxy) is 1. The van der Waals surface area contributed by atoms with Crippen LogP contribution >= 0.6 is 0 Å². The monoisotopic (exact) mass is 446 g/mol. The SMILES string of the molecule is CC(C)(C)CCOc1cccc(-c2cc(NC(=O)[C@@H]3CNC(=O)C3)nn2-c2ccccc2)c1. The predicted molar refractivity (Wildman–Crippen MR) is 128 cm³/mol. The highest BCUT2D eigenvalue weighted by Crippen LogP contribution is 2.29. The molecule has 172 valence electrons. The summed E-state index contributed by atoms with van der Waals surface area (Å²) in [5.41, 5.74) is 2.84. The van der Waals surface area contributed by atoms with E-state index in [1.807, 2.05) is 65.3 Å². The summed E-state index contributed by atoms with van der Waals surface area (Å²) in [4.78, 5) is 24.1. The van der Waals surface area contributed by atoms with Gasteiger partial charge in [0.25, 0.3) is 0 Å². The predicted octanol–water partition coefficient (Wildman–Crippen LogP) is 4.43. The lowest BCUT2D eigenvalue weighted by molar-refractivity contribution is -0.123. The molecule has 1 atom stereocenters. The van der Waals surface area contributed by atoms with Gasteiger partial charge in [0.1, 0.15) is 5.75 Å². The molecule has 2 N–H and O–H groups in total. The lowest BCUT2D eigenvalue weighted by Gasteiger charge is -2.18. The van der Waals surface area contributed by atoms with Crippen LogP contribution in [0.25, 0.3) is 16.9 Å². The zero-order valence-electron chi connectivity index (χ0n) is 19.3. The van der Waals surface area contributed by atoms with Gasteiger partial charge in [-0.15, -0.1) is 5.10 Å². The lowest BCUT2D eigenvalue weighted by Crippen LogP contribution is -2.24. The Hall–Kier alpha value is -3.61. The van der Waals surface area contributed by atoms with Crippen molar-refractivity contribution in [1.29, 1.82) is 0 Å². The Kier molecular flexibility index (Phi) is 6.49. The summed E-state index contributed by atoms with van der Waals surface area (Å²) in [6.07, 6.45) is 1.15. The van der Waals surface area contributed by atoms with E-state index in [0.717, 1.165) is 29.1 Å². The number of carbonyl (C=O) groups excluding carboxylic acids is 2. The van der Waals surface area contributed by atoms with Crippen LogP contribution in [0.1, 0.15) is 33.6 Å². The minimum Gasteiger partial charge on any atom is -0.494 e. The maximum atomic E-state index is 12.6. The third-order valence-corrected chi connectivity index (χ3v) is 5.56. The average Bonchev–Trinajstić information content (AvgIpc) is 3.40. The highest BCUT2D eigenvalue weighted by molar-refractivity contribution is 5.97. The zero-order valence-corrected chi connectivity index (χ0v) is 19.3. The summed E-state index contributed by atoms with van der Waals surface area (Å²) in [6.45, 7) is 7.57. The summed E-state index contributed by atoms with van der Waals surface area (Å²) in [7, 11) is 0. The molecule has 33 heavy (non-hydrogen) atoms. The molecule has 0 saturated carbocycles. The number of benzene rings is 2. The first-order valence-electron chi connectivity index (χ1n) is 11.2. The number of amides is 2. The highest BCUT2D eigenvalue weighted by atomic mass is 16.5. The molecule has 0 spiro atoms. The van der Waals surface area contributed by atoms with Crippen molar-refractivity contribution in [2.45, 2.75) is 33.6 Å². The number of para-hydroxylation sites is 1. The fraction of sp³-hybridized carbons (Fsp3) is 0.346. The third kappa shape index (κ3) is 5.80. The van der Waals surface area contributed by atoms with E-state index < -0.39 is 0 Å². The van der Waals surface area contributed by atoms with E-state index in [1.54, 1.807) is 0 Å². The Labute approximate surface area is 194 Å². The van der Waals surface area contributed by atoms with Crippen molar-refractivity contribution in [3.8, 4) is 22.7 Å².